The van der Waals surface area contributed by atoms with Gasteiger partial charge < -0.3 is 9.47 Å². The predicted octanol–water partition coefficient (Wildman–Crippen LogP) is 6.45. The third-order valence-electron chi connectivity index (χ3n) is 5.29. The number of non-ortho nitro benzene ring substituents is 1. The Morgan fingerprint density at radius 2 is 1.78 bits per heavy atom. The Hall–Kier alpha value is -4.51. The molecule has 0 aromatic heterocycles. The molecule has 11 heteroatoms. The van der Waals surface area contributed by atoms with Gasteiger partial charge in [-0.1, -0.05) is 42.5 Å². The molecule has 36 heavy (non-hydrogen) atoms. The molecular formula is C25H19BrN4O6. The molecule has 0 unspecified atom stereocenters. The van der Waals surface area contributed by atoms with E-state index >= 15 is 0 Å². The SMILES string of the molecule is COc1cc(/C=N\Nc2ccc([N+](=O)[O-])cc2[N+](=O)[O-])cc(Br)c1OCc1cccc2ccccc12. The first-order valence-electron chi connectivity index (χ1n) is 10.6. The van der Waals surface area contributed by atoms with Gasteiger partial charge in [-0.3, -0.25) is 25.7 Å². The van der Waals surface area contributed by atoms with Crippen LogP contribution in [0.3, 0.4) is 0 Å². The molecule has 0 spiro atoms. The van der Waals surface area contributed by atoms with Gasteiger partial charge in [0, 0.05) is 6.07 Å². The van der Waals surface area contributed by atoms with Crippen LogP contribution in [0, 0.1) is 20.2 Å². The number of anilines is 1. The molecule has 0 radical (unpaired) electrons. The Balaban J connectivity index is 1.52. The second kappa shape index (κ2) is 10.8. The van der Waals surface area contributed by atoms with Gasteiger partial charge in [-0.05, 0) is 56.0 Å². The van der Waals surface area contributed by atoms with Crippen LogP contribution < -0.4 is 14.9 Å². The van der Waals surface area contributed by atoms with Crippen LogP contribution in [0.5, 0.6) is 11.5 Å². The van der Waals surface area contributed by atoms with E-state index in [-0.39, 0.29) is 11.4 Å². The number of nitrogens with zero attached hydrogens (tertiary/aromatic N) is 3. The molecule has 0 saturated heterocycles. The predicted molar refractivity (Wildman–Crippen MR) is 140 cm³/mol. The quantitative estimate of drug-likeness (QED) is 0.144. The molecule has 0 aliphatic heterocycles. The second-order valence-electron chi connectivity index (χ2n) is 7.55. The smallest absolute Gasteiger partial charge is 0.301 e. The van der Waals surface area contributed by atoms with Gasteiger partial charge in [0.1, 0.15) is 12.3 Å². The van der Waals surface area contributed by atoms with Crippen LogP contribution in [0.1, 0.15) is 11.1 Å². The van der Waals surface area contributed by atoms with Gasteiger partial charge in [-0.25, -0.2) is 0 Å². The summed E-state index contributed by atoms with van der Waals surface area (Å²) >= 11 is 3.51. The van der Waals surface area contributed by atoms with Crippen LogP contribution in [-0.2, 0) is 6.61 Å². The largest absolute Gasteiger partial charge is 0.493 e. The van der Waals surface area contributed by atoms with Crippen molar-refractivity contribution in [3.8, 4) is 11.5 Å². The molecular weight excluding hydrogens is 532 g/mol. The van der Waals surface area contributed by atoms with Crippen molar-refractivity contribution in [2.45, 2.75) is 6.61 Å². The molecule has 0 fully saturated rings. The van der Waals surface area contributed by atoms with Crippen LogP contribution in [0.4, 0.5) is 17.1 Å². The highest BCUT2D eigenvalue weighted by molar-refractivity contribution is 9.10. The van der Waals surface area contributed by atoms with Crippen molar-refractivity contribution in [2.75, 3.05) is 12.5 Å². The molecule has 4 rings (SSSR count). The Bertz CT molecular complexity index is 1490. The highest BCUT2D eigenvalue weighted by Gasteiger charge is 2.19. The molecule has 0 atom stereocenters. The zero-order valence-electron chi connectivity index (χ0n) is 18.9. The summed E-state index contributed by atoms with van der Waals surface area (Å²) in [5.41, 5.74) is 3.38. The number of hydrogen-bond acceptors (Lipinski definition) is 8. The lowest BCUT2D eigenvalue weighted by Gasteiger charge is -2.14. The summed E-state index contributed by atoms with van der Waals surface area (Å²) in [4.78, 5) is 20.8. The molecule has 4 aromatic carbocycles. The third-order valence-corrected chi connectivity index (χ3v) is 5.88. The zero-order valence-corrected chi connectivity index (χ0v) is 20.5. The maximum absolute atomic E-state index is 11.3. The molecule has 4 aromatic rings. The lowest BCUT2D eigenvalue weighted by atomic mass is 10.1. The van der Waals surface area contributed by atoms with Crippen LogP contribution in [0.15, 0.2) is 82.4 Å². The van der Waals surface area contributed by atoms with Gasteiger partial charge in [0.05, 0.1) is 33.7 Å². The first-order valence-corrected chi connectivity index (χ1v) is 11.4. The van der Waals surface area contributed by atoms with E-state index in [9.17, 15) is 20.2 Å². The van der Waals surface area contributed by atoms with Gasteiger partial charge >= 0.3 is 5.69 Å². The number of fused-ring (bicyclic) bond motifs is 1. The highest BCUT2D eigenvalue weighted by atomic mass is 79.9. The number of nitro benzene ring substituents is 2. The Morgan fingerprint density at radius 1 is 1.00 bits per heavy atom. The molecule has 0 amide bonds. The fourth-order valence-corrected chi connectivity index (χ4v) is 4.15. The summed E-state index contributed by atoms with van der Waals surface area (Å²) in [5, 5.41) is 28.4. The number of nitro groups is 2. The molecule has 1 N–H and O–H groups in total. The van der Waals surface area contributed by atoms with E-state index in [2.05, 4.69) is 26.5 Å². The van der Waals surface area contributed by atoms with Gasteiger partial charge in [0.15, 0.2) is 11.5 Å². The maximum Gasteiger partial charge on any atom is 0.301 e. The monoisotopic (exact) mass is 550 g/mol. The van der Waals surface area contributed by atoms with E-state index < -0.39 is 15.5 Å². The standard InChI is InChI=1S/C25H19BrN4O6/c1-35-24-12-16(14-27-28-22-10-9-19(29(31)32)13-23(22)30(33)34)11-21(26)25(24)36-15-18-7-4-6-17-5-2-3-8-20(17)18/h2-14,28H,15H2,1H3/b27-14-. The van der Waals surface area contributed by atoms with Crippen molar-refractivity contribution in [3.63, 3.8) is 0 Å². The number of nitrogens with one attached hydrogen (secondary N) is 1. The van der Waals surface area contributed by atoms with E-state index in [1.165, 1.54) is 19.4 Å². The first kappa shape index (κ1) is 24.6. The van der Waals surface area contributed by atoms with Crippen LogP contribution in [-0.4, -0.2) is 23.2 Å². The number of methoxy groups -OCH3 is 1. The molecule has 0 aliphatic carbocycles. The molecule has 0 heterocycles. The van der Waals surface area contributed by atoms with Crippen molar-refractivity contribution in [2.24, 2.45) is 5.10 Å². The van der Waals surface area contributed by atoms with Gasteiger partial charge in [-0.2, -0.15) is 5.10 Å². The number of rotatable bonds is 9. The van der Waals surface area contributed by atoms with Crippen molar-refractivity contribution < 1.29 is 19.3 Å². The van der Waals surface area contributed by atoms with Crippen LogP contribution >= 0.6 is 15.9 Å². The van der Waals surface area contributed by atoms with E-state index in [4.69, 9.17) is 9.47 Å². The molecule has 10 nitrogen and oxygen atoms in total. The second-order valence-corrected chi connectivity index (χ2v) is 8.40. The molecule has 182 valence electrons. The lowest BCUT2D eigenvalue weighted by molar-refractivity contribution is -0.393. The van der Waals surface area contributed by atoms with Gasteiger partial charge in [0.25, 0.3) is 5.69 Å². The summed E-state index contributed by atoms with van der Waals surface area (Å²) < 4.78 is 12.2. The van der Waals surface area contributed by atoms with Crippen molar-refractivity contribution in [1.29, 1.82) is 0 Å². The minimum atomic E-state index is -0.716. The summed E-state index contributed by atoms with van der Waals surface area (Å²) in [6.45, 7) is 0.328. The maximum atomic E-state index is 11.3. The van der Waals surface area contributed by atoms with Crippen molar-refractivity contribution in [1.82, 2.24) is 0 Å². The van der Waals surface area contributed by atoms with Crippen molar-refractivity contribution in [3.05, 3.63) is 109 Å². The summed E-state index contributed by atoms with van der Waals surface area (Å²) in [6, 6.07) is 20.8. The molecule has 0 bridgehead atoms. The normalized spacial score (nSPS) is 10.9. The summed E-state index contributed by atoms with van der Waals surface area (Å²) in [6.07, 6.45) is 1.44. The van der Waals surface area contributed by atoms with E-state index in [1.807, 2.05) is 42.5 Å². The summed E-state index contributed by atoms with van der Waals surface area (Å²) in [7, 11) is 1.52. The average Bonchev–Trinajstić information content (AvgIpc) is 2.87. The van der Waals surface area contributed by atoms with Crippen LogP contribution in [0.2, 0.25) is 0 Å². The van der Waals surface area contributed by atoms with E-state index in [1.54, 1.807) is 12.1 Å². The topological polar surface area (TPSA) is 129 Å². The van der Waals surface area contributed by atoms with E-state index in [0.717, 1.165) is 28.5 Å². The fourth-order valence-electron chi connectivity index (χ4n) is 3.58. The van der Waals surface area contributed by atoms with Crippen molar-refractivity contribution >= 4 is 50.0 Å². The Morgan fingerprint density at radius 3 is 2.53 bits per heavy atom. The number of benzene rings is 4. The van der Waals surface area contributed by atoms with E-state index in [0.29, 0.717) is 28.1 Å². The fraction of sp³-hybridized carbons (Fsp3) is 0.0800. The summed E-state index contributed by atoms with van der Waals surface area (Å²) in [5.74, 6) is 0.980. The Kier molecular flexibility index (Phi) is 7.40. The molecule has 0 saturated carbocycles. The van der Waals surface area contributed by atoms with Gasteiger partial charge in [-0.15, -0.1) is 0 Å². The minimum absolute atomic E-state index is 0.0166. The molecule has 0 aliphatic rings. The lowest BCUT2D eigenvalue weighted by Crippen LogP contribution is -2.01. The third kappa shape index (κ3) is 5.41. The number of ether oxygens (including phenoxy) is 2. The number of hydrazone groups is 1. The zero-order chi connectivity index (χ0) is 25.7. The Labute approximate surface area is 213 Å². The van der Waals surface area contributed by atoms with Crippen LogP contribution in [0.25, 0.3) is 10.8 Å². The highest BCUT2D eigenvalue weighted by Crippen LogP contribution is 2.37. The number of halogens is 1. The van der Waals surface area contributed by atoms with Gasteiger partial charge in [0.2, 0.25) is 0 Å². The minimum Gasteiger partial charge on any atom is -0.493 e. The number of hydrogen-bond donors (Lipinski definition) is 1. The average molecular weight is 551 g/mol. The first-order chi connectivity index (χ1) is 17.4.